The van der Waals surface area contributed by atoms with Crippen molar-refractivity contribution in [2.45, 2.75) is 44.0 Å². The summed E-state index contributed by atoms with van der Waals surface area (Å²) in [6.07, 6.45) is 3.62. The third-order valence-electron chi connectivity index (χ3n) is 3.77. The van der Waals surface area contributed by atoms with E-state index < -0.39 is 0 Å². The van der Waals surface area contributed by atoms with Crippen LogP contribution < -0.4 is 0 Å². The lowest BCUT2D eigenvalue weighted by molar-refractivity contribution is -0.237. The summed E-state index contributed by atoms with van der Waals surface area (Å²) in [7, 11) is 0. The Bertz CT molecular complexity index is 314. The molecule has 3 nitrogen and oxygen atoms in total. The summed E-state index contributed by atoms with van der Waals surface area (Å²) in [5, 5.41) is 0. The number of hydrogen-bond acceptors (Lipinski definition) is 3. The molecule has 0 radical (unpaired) electrons. The molecule has 3 heteroatoms. The first-order chi connectivity index (χ1) is 6.61. The van der Waals surface area contributed by atoms with Crippen LogP contribution in [-0.4, -0.2) is 23.8 Å². The largest absolute Gasteiger partial charge is 0.456 e. The molecule has 2 aliphatic carbocycles. The molecule has 4 unspecified atom stereocenters. The minimum absolute atomic E-state index is 0.0123. The predicted molar refractivity (Wildman–Crippen MR) is 49.6 cm³/mol. The van der Waals surface area contributed by atoms with Crippen molar-refractivity contribution < 1.29 is 14.3 Å². The van der Waals surface area contributed by atoms with E-state index in [0.717, 1.165) is 19.3 Å². The summed E-state index contributed by atoms with van der Waals surface area (Å²) in [5.41, 5.74) is 0.375. The van der Waals surface area contributed by atoms with Gasteiger partial charge in [0.05, 0.1) is 6.10 Å². The maximum atomic E-state index is 11.4. The van der Waals surface area contributed by atoms with Gasteiger partial charge in [-0.2, -0.15) is 0 Å². The quantitative estimate of drug-likeness (QED) is 0.492. The van der Waals surface area contributed by atoms with Crippen molar-refractivity contribution in [2.24, 2.45) is 5.92 Å². The lowest BCUT2D eigenvalue weighted by Gasteiger charge is -2.47. The zero-order chi connectivity index (χ0) is 9.92. The summed E-state index contributed by atoms with van der Waals surface area (Å²) in [5.74, 6) is 0.363. The monoisotopic (exact) mass is 194 g/mol. The highest BCUT2D eigenvalue weighted by molar-refractivity contribution is 5.87. The van der Waals surface area contributed by atoms with Crippen LogP contribution >= 0.6 is 0 Å². The van der Waals surface area contributed by atoms with Gasteiger partial charge in [-0.25, -0.2) is 4.79 Å². The van der Waals surface area contributed by atoms with Gasteiger partial charge >= 0.3 is 5.97 Å². The normalized spacial score (nSPS) is 47.4. The fourth-order valence-corrected chi connectivity index (χ4v) is 3.05. The topological polar surface area (TPSA) is 35.5 Å². The average Bonchev–Trinajstić information content (AvgIpc) is 2.65. The lowest BCUT2D eigenvalue weighted by atomic mass is 9.86. The van der Waals surface area contributed by atoms with Gasteiger partial charge in [0.15, 0.2) is 0 Å². The molecular formula is C11H14O3. The van der Waals surface area contributed by atoms with Gasteiger partial charge in [0.25, 0.3) is 0 Å². The van der Waals surface area contributed by atoms with Gasteiger partial charge in [-0.3, -0.25) is 0 Å². The first kappa shape index (κ1) is 8.48. The van der Waals surface area contributed by atoms with E-state index in [1.54, 1.807) is 6.92 Å². The van der Waals surface area contributed by atoms with Gasteiger partial charge in [0.1, 0.15) is 11.7 Å². The molecule has 4 aliphatic rings. The van der Waals surface area contributed by atoms with E-state index in [2.05, 4.69) is 6.58 Å². The molecule has 0 aromatic rings. The van der Waals surface area contributed by atoms with Crippen LogP contribution in [0.4, 0.5) is 0 Å². The van der Waals surface area contributed by atoms with Crippen LogP contribution in [0, 0.1) is 5.92 Å². The molecule has 2 aliphatic heterocycles. The summed E-state index contributed by atoms with van der Waals surface area (Å²) < 4.78 is 11.1. The second-order valence-electron chi connectivity index (χ2n) is 4.80. The van der Waals surface area contributed by atoms with Gasteiger partial charge in [0, 0.05) is 12.0 Å². The van der Waals surface area contributed by atoms with Crippen LogP contribution in [0.3, 0.4) is 0 Å². The molecule has 0 aromatic heterocycles. The van der Waals surface area contributed by atoms with Crippen molar-refractivity contribution in [3.63, 3.8) is 0 Å². The molecule has 2 saturated heterocycles. The van der Waals surface area contributed by atoms with Gasteiger partial charge in [-0.15, -0.1) is 0 Å². The molecule has 3 bridgehead atoms. The number of rotatable bonds is 2. The minimum atomic E-state index is -0.274. The van der Waals surface area contributed by atoms with Crippen molar-refractivity contribution in [1.29, 1.82) is 0 Å². The van der Waals surface area contributed by atoms with Crippen LogP contribution in [0.15, 0.2) is 12.2 Å². The van der Waals surface area contributed by atoms with Crippen molar-refractivity contribution in [3.8, 4) is 0 Å². The van der Waals surface area contributed by atoms with Gasteiger partial charge in [-0.05, 0) is 25.7 Å². The lowest BCUT2D eigenvalue weighted by Crippen LogP contribution is -2.55. The first-order valence-electron chi connectivity index (χ1n) is 5.15. The molecule has 0 amide bonds. The Kier molecular flexibility index (Phi) is 1.45. The maximum Gasteiger partial charge on any atom is 0.333 e. The van der Waals surface area contributed by atoms with Crippen molar-refractivity contribution in [2.75, 3.05) is 0 Å². The van der Waals surface area contributed by atoms with Crippen LogP contribution in [-0.2, 0) is 14.3 Å². The van der Waals surface area contributed by atoms with E-state index in [1.807, 2.05) is 0 Å². The fourth-order valence-electron chi connectivity index (χ4n) is 3.05. The predicted octanol–water partition coefficient (Wildman–Crippen LogP) is 1.43. The highest BCUT2D eigenvalue weighted by atomic mass is 16.6. The number of esters is 1. The molecule has 2 heterocycles. The maximum absolute atomic E-state index is 11.4. The molecule has 76 valence electrons. The summed E-state index contributed by atoms with van der Waals surface area (Å²) in [6, 6.07) is 0. The Balaban J connectivity index is 1.71. The highest BCUT2D eigenvalue weighted by Crippen LogP contribution is 2.61. The van der Waals surface area contributed by atoms with Crippen LogP contribution in [0.25, 0.3) is 0 Å². The molecular weight excluding hydrogens is 180 g/mol. The molecule has 4 fully saturated rings. The van der Waals surface area contributed by atoms with E-state index >= 15 is 0 Å². The number of carbonyl (C=O) groups is 1. The van der Waals surface area contributed by atoms with E-state index in [-0.39, 0.29) is 17.7 Å². The molecule has 4 rings (SSSR count). The molecule has 4 atom stereocenters. The molecule has 1 spiro atoms. The summed E-state index contributed by atoms with van der Waals surface area (Å²) in [6.45, 7) is 5.26. The second kappa shape index (κ2) is 2.40. The molecule has 14 heavy (non-hydrogen) atoms. The third-order valence-corrected chi connectivity index (χ3v) is 3.77. The molecule has 2 saturated carbocycles. The Morgan fingerprint density at radius 3 is 2.71 bits per heavy atom. The number of hydrogen-bond donors (Lipinski definition) is 0. The van der Waals surface area contributed by atoms with Gasteiger partial charge in [0.2, 0.25) is 0 Å². The summed E-state index contributed by atoms with van der Waals surface area (Å²) in [4.78, 5) is 11.4. The van der Waals surface area contributed by atoms with Crippen LogP contribution in [0.1, 0.15) is 26.2 Å². The van der Waals surface area contributed by atoms with Crippen molar-refractivity contribution in [3.05, 3.63) is 12.2 Å². The standard InChI is InChI=1S/C11H14O3/c1-6(2)10(12)13-9-3-7-4-11(9)5-8(7)14-11/h7-9H,1,3-5H2,2H3. The van der Waals surface area contributed by atoms with Crippen molar-refractivity contribution >= 4 is 5.97 Å². The third kappa shape index (κ3) is 0.883. The van der Waals surface area contributed by atoms with Crippen LogP contribution in [0.2, 0.25) is 0 Å². The van der Waals surface area contributed by atoms with Crippen molar-refractivity contribution in [1.82, 2.24) is 0 Å². The van der Waals surface area contributed by atoms with E-state index in [4.69, 9.17) is 9.47 Å². The van der Waals surface area contributed by atoms with E-state index in [0.29, 0.717) is 17.6 Å². The summed E-state index contributed by atoms with van der Waals surface area (Å²) >= 11 is 0. The number of carbonyl (C=O) groups excluding carboxylic acids is 1. The average molecular weight is 194 g/mol. The fraction of sp³-hybridized carbons (Fsp3) is 0.727. The smallest absolute Gasteiger partial charge is 0.333 e. The molecule has 0 N–H and O–H groups in total. The Morgan fingerprint density at radius 2 is 2.29 bits per heavy atom. The van der Waals surface area contributed by atoms with Crippen LogP contribution in [0.5, 0.6) is 0 Å². The van der Waals surface area contributed by atoms with Gasteiger partial charge in [-0.1, -0.05) is 6.58 Å². The highest BCUT2D eigenvalue weighted by Gasteiger charge is 2.68. The number of ether oxygens (including phenoxy) is 2. The van der Waals surface area contributed by atoms with E-state index in [1.165, 1.54) is 0 Å². The second-order valence-corrected chi connectivity index (χ2v) is 4.80. The first-order valence-corrected chi connectivity index (χ1v) is 5.15. The zero-order valence-corrected chi connectivity index (χ0v) is 8.29. The van der Waals surface area contributed by atoms with E-state index in [9.17, 15) is 4.79 Å². The SMILES string of the molecule is C=C(C)C(=O)OC1CC2CC13CC2O3. The Labute approximate surface area is 83.1 Å². The Hall–Kier alpha value is -0.830. The minimum Gasteiger partial charge on any atom is -0.456 e. The Morgan fingerprint density at radius 1 is 1.57 bits per heavy atom. The zero-order valence-electron chi connectivity index (χ0n) is 8.29. The molecule has 0 aromatic carbocycles. The van der Waals surface area contributed by atoms with Gasteiger partial charge < -0.3 is 9.47 Å².